The number of methoxy groups -OCH3 is 1. The van der Waals surface area contributed by atoms with E-state index in [1.165, 1.54) is 5.56 Å². The van der Waals surface area contributed by atoms with Gasteiger partial charge < -0.3 is 15.4 Å². The van der Waals surface area contributed by atoms with Crippen LogP contribution in [-0.2, 0) is 6.54 Å². The fourth-order valence-electron chi connectivity index (χ4n) is 1.46. The predicted octanol–water partition coefficient (Wildman–Crippen LogP) is 1.80. The number of nitrogens with two attached hydrogens (primary N) is 1. The van der Waals surface area contributed by atoms with Crippen molar-refractivity contribution in [2.45, 2.75) is 13.0 Å². The highest BCUT2D eigenvalue weighted by atomic mass is 32.1. The molecule has 0 aliphatic heterocycles. The largest absolute Gasteiger partial charge is 0.497 e. The SMILES string of the molecule is COc1cccc(CN(C)CCC(N)=S)c1. The first-order valence-corrected chi connectivity index (χ1v) is 5.62. The summed E-state index contributed by atoms with van der Waals surface area (Å²) in [5, 5.41) is 0. The van der Waals surface area contributed by atoms with E-state index >= 15 is 0 Å². The summed E-state index contributed by atoms with van der Waals surface area (Å²) in [5.74, 6) is 0.889. The van der Waals surface area contributed by atoms with Gasteiger partial charge in [0, 0.05) is 19.5 Å². The lowest BCUT2D eigenvalue weighted by Crippen LogP contribution is -2.23. The highest BCUT2D eigenvalue weighted by molar-refractivity contribution is 7.80. The van der Waals surface area contributed by atoms with Crippen molar-refractivity contribution in [2.24, 2.45) is 5.73 Å². The number of hydrogen-bond donors (Lipinski definition) is 1. The molecular weight excluding hydrogens is 220 g/mol. The first-order valence-electron chi connectivity index (χ1n) is 5.21. The maximum absolute atomic E-state index is 5.46. The molecule has 0 saturated carbocycles. The van der Waals surface area contributed by atoms with E-state index in [-0.39, 0.29) is 0 Å². The Labute approximate surface area is 102 Å². The molecule has 0 spiro atoms. The molecule has 2 N–H and O–H groups in total. The Hall–Kier alpha value is -1.13. The second kappa shape index (κ2) is 6.45. The molecule has 0 aliphatic carbocycles. The third-order valence-corrected chi connectivity index (χ3v) is 2.53. The van der Waals surface area contributed by atoms with Crippen LogP contribution in [0, 0.1) is 0 Å². The zero-order chi connectivity index (χ0) is 12.0. The van der Waals surface area contributed by atoms with E-state index in [1.807, 2.05) is 18.2 Å². The number of ether oxygens (including phenoxy) is 1. The summed E-state index contributed by atoms with van der Waals surface area (Å²) in [6, 6.07) is 8.06. The molecule has 0 amide bonds. The normalized spacial score (nSPS) is 10.4. The Morgan fingerprint density at radius 1 is 1.50 bits per heavy atom. The molecule has 4 heteroatoms. The number of rotatable bonds is 6. The van der Waals surface area contributed by atoms with Gasteiger partial charge >= 0.3 is 0 Å². The van der Waals surface area contributed by atoms with Gasteiger partial charge in [0.1, 0.15) is 5.75 Å². The van der Waals surface area contributed by atoms with E-state index in [2.05, 4.69) is 18.0 Å². The zero-order valence-corrected chi connectivity index (χ0v) is 10.6. The summed E-state index contributed by atoms with van der Waals surface area (Å²) in [7, 11) is 3.73. The molecule has 0 radical (unpaired) electrons. The second-order valence-electron chi connectivity index (χ2n) is 3.81. The van der Waals surface area contributed by atoms with Crippen molar-refractivity contribution in [2.75, 3.05) is 20.7 Å². The zero-order valence-electron chi connectivity index (χ0n) is 9.77. The van der Waals surface area contributed by atoms with Crippen LogP contribution in [0.4, 0.5) is 0 Å². The van der Waals surface area contributed by atoms with E-state index < -0.39 is 0 Å². The van der Waals surface area contributed by atoms with Gasteiger partial charge in [0.2, 0.25) is 0 Å². The smallest absolute Gasteiger partial charge is 0.119 e. The van der Waals surface area contributed by atoms with Gasteiger partial charge in [-0.3, -0.25) is 0 Å². The maximum Gasteiger partial charge on any atom is 0.119 e. The predicted molar refractivity (Wildman–Crippen MR) is 70.7 cm³/mol. The van der Waals surface area contributed by atoms with Crippen LogP contribution in [0.15, 0.2) is 24.3 Å². The van der Waals surface area contributed by atoms with Crippen molar-refractivity contribution < 1.29 is 4.74 Å². The van der Waals surface area contributed by atoms with Crippen LogP contribution in [-0.4, -0.2) is 30.6 Å². The van der Waals surface area contributed by atoms with Gasteiger partial charge in [0.05, 0.1) is 12.1 Å². The summed E-state index contributed by atoms with van der Waals surface area (Å²) in [6.45, 7) is 1.76. The van der Waals surface area contributed by atoms with E-state index in [0.717, 1.165) is 25.3 Å². The molecule has 0 atom stereocenters. The van der Waals surface area contributed by atoms with Gasteiger partial charge in [-0.15, -0.1) is 0 Å². The van der Waals surface area contributed by atoms with E-state index in [1.54, 1.807) is 7.11 Å². The summed E-state index contributed by atoms with van der Waals surface area (Å²) in [6.07, 6.45) is 0.760. The van der Waals surface area contributed by atoms with Crippen LogP contribution in [0.3, 0.4) is 0 Å². The van der Waals surface area contributed by atoms with Crippen LogP contribution in [0.2, 0.25) is 0 Å². The summed E-state index contributed by atoms with van der Waals surface area (Å²) < 4.78 is 5.18. The average Bonchev–Trinajstić information content (AvgIpc) is 2.26. The molecule has 3 nitrogen and oxygen atoms in total. The third-order valence-electron chi connectivity index (χ3n) is 2.33. The Balaban J connectivity index is 2.48. The fraction of sp³-hybridized carbons (Fsp3) is 0.417. The topological polar surface area (TPSA) is 38.5 Å². The lowest BCUT2D eigenvalue weighted by Gasteiger charge is -2.16. The average molecular weight is 238 g/mol. The van der Waals surface area contributed by atoms with Crippen LogP contribution in [0.1, 0.15) is 12.0 Å². The Bertz CT molecular complexity index is 355. The first-order chi connectivity index (χ1) is 7.61. The molecule has 1 aromatic carbocycles. The van der Waals surface area contributed by atoms with Gasteiger partial charge in [0.15, 0.2) is 0 Å². The lowest BCUT2D eigenvalue weighted by molar-refractivity contribution is 0.336. The Morgan fingerprint density at radius 2 is 2.25 bits per heavy atom. The summed E-state index contributed by atoms with van der Waals surface area (Å²) in [4.78, 5) is 2.76. The van der Waals surface area contributed by atoms with Crippen LogP contribution in [0.5, 0.6) is 5.75 Å². The van der Waals surface area contributed by atoms with Gasteiger partial charge in [-0.25, -0.2) is 0 Å². The minimum atomic E-state index is 0.567. The third kappa shape index (κ3) is 4.59. The van der Waals surface area contributed by atoms with E-state index in [0.29, 0.717) is 4.99 Å². The first kappa shape index (κ1) is 12.9. The van der Waals surface area contributed by atoms with Gasteiger partial charge in [0.25, 0.3) is 0 Å². The molecule has 88 valence electrons. The number of benzene rings is 1. The fourth-order valence-corrected chi connectivity index (χ4v) is 1.55. The molecular formula is C12H18N2OS. The molecule has 0 unspecified atom stereocenters. The van der Waals surface area contributed by atoms with Crippen molar-refractivity contribution in [1.82, 2.24) is 4.90 Å². The Morgan fingerprint density at radius 3 is 2.88 bits per heavy atom. The van der Waals surface area contributed by atoms with Crippen molar-refractivity contribution in [1.29, 1.82) is 0 Å². The molecule has 1 aromatic rings. The molecule has 0 aliphatic rings. The van der Waals surface area contributed by atoms with Crippen molar-refractivity contribution in [3.8, 4) is 5.75 Å². The van der Waals surface area contributed by atoms with Crippen molar-refractivity contribution >= 4 is 17.2 Å². The summed E-state index contributed by atoms with van der Waals surface area (Å²) in [5.41, 5.74) is 6.69. The molecule has 0 aromatic heterocycles. The summed E-state index contributed by atoms with van der Waals surface area (Å²) >= 11 is 4.85. The van der Waals surface area contributed by atoms with Gasteiger partial charge in [-0.2, -0.15) is 0 Å². The van der Waals surface area contributed by atoms with Gasteiger partial charge in [-0.05, 0) is 24.7 Å². The Kier molecular flexibility index (Phi) is 5.22. The second-order valence-corrected chi connectivity index (χ2v) is 4.33. The molecule has 0 saturated heterocycles. The quantitative estimate of drug-likeness (QED) is 0.767. The highest BCUT2D eigenvalue weighted by Gasteiger charge is 2.02. The van der Waals surface area contributed by atoms with Crippen LogP contribution < -0.4 is 10.5 Å². The number of thiocarbonyl (C=S) groups is 1. The number of nitrogens with zero attached hydrogens (tertiary/aromatic N) is 1. The molecule has 1 rings (SSSR count). The number of hydrogen-bond acceptors (Lipinski definition) is 3. The minimum absolute atomic E-state index is 0.567. The van der Waals surface area contributed by atoms with Crippen molar-refractivity contribution in [3.63, 3.8) is 0 Å². The lowest BCUT2D eigenvalue weighted by atomic mass is 10.2. The minimum Gasteiger partial charge on any atom is -0.497 e. The van der Waals surface area contributed by atoms with Crippen LogP contribution >= 0.6 is 12.2 Å². The molecule has 0 heterocycles. The van der Waals surface area contributed by atoms with Crippen molar-refractivity contribution in [3.05, 3.63) is 29.8 Å². The standard InChI is InChI=1S/C12H18N2OS/c1-14(7-6-12(13)16)9-10-4-3-5-11(8-10)15-2/h3-5,8H,6-7,9H2,1-2H3,(H2,13,16). The molecule has 0 fully saturated rings. The molecule has 0 bridgehead atoms. The van der Waals surface area contributed by atoms with E-state index in [4.69, 9.17) is 22.7 Å². The maximum atomic E-state index is 5.46. The highest BCUT2D eigenvalue weighted by Crippen LogP contribution is 2.13. The van der Waals surface area contributed by atoms with E-state index in [9.17, 15) is 0 Å². The monoisotopic (exact) mass is 238 g/mol. The van der Waals surface area contributed by atoms with Gasteiger partial charge in [-0.1, -0.05) is 24.4 Å². The van der Waals surface area contributed by atoms with Crippen LogP contribution in [0.25, 0.3) is 0 Å². The molecule has 16 heavy (non-hydrogen) atoms.